The fourth-order valence-corrected chi connectivity index (χ4v) is 2.96. The van der Waals surface area contributed by atoms with Crippen LogP contribution in [0.5, 0.6) is 5.75 Å². The van der Waals surface area contributed by atoms with Crippen LogP contribution in [0.3, 0.4) is 0 Å². The van der Waals surface area contributed by atoms with E-state index < -0.39 is 4.92 Å². The number of imidazole rings is 1. The average molecular weight is 376 g/mol. The van der Waals surface area contributed by atoms with E-state index in [0.717, 1.165) is 5.52 Å². The predicted octanol–water partition coefficient (Wildman–Crippen LogP) is 3.60. The van der Waals surface area contributed by atoms with Crippen molar-refractivity contribution < 1.29 is 14.8 Å². The number of ether oxygens (including phenoxy) is 1. The Hall–Kier alpha value is -2.64. The first-order valence-electron chi connectivity index (χ1n) is 8.14. The molecule has 1 atom stereocenters. The van der Waals surface area contributed by atoms with Gasteiger partial charge in [-0.2, -0.15) is 0 Å². The molecule has 3 rings (SSSR count). The Bertz CT molecular complexity index is 924. The van der Waals surface area contributed by atoms with Crippen molar-refractivity contribution in [3.8, 4) is 5.75 Å². The highest BCUT2D eigenvalue weighted by molar-refractivity contribution is 6.30. The number of aromatic nitrogens is 2. The molecule has 0 aliphatic heterocycles. The molecule has 0 fully saturated rings. The van der Waals surface area contributed by atoms with E-state index in [2.05, 4.69) is 4.98 Å². The van der Waals surface area contributed by atoms with E-state index in [9.17, 15) is 15.2 Å². The van der Waals surface area contributed by atoms with Gasteiger partial charge in [-0.3, -0.25) is 10.1 Å². The summed E-state index contributed by atoms with van der Waals surface area (Å²) in [5.74, 6) is 1.40. The summed E-state index contributed by atoms with van der Waals surface area (Å²) in [4.78, 5) is 15.0. The second kappa shape index (κ2) is 7.72. The maximum atomic E-state index is 11.0. The molecule has 136 valence electrons. The summed E-state index contributed by atoms with van der Waals surface area (Å²) in [6, 6.07) is 11.6. The lowest BCUT2D eigenvalue weighted by Crippen LogP contribution is -2.19. The van der Waals surface area contributed by atoms with E-state index >= 15 is 0 Å². The van der Waals surface area contributed by atoms with Gasteiger partial charge in [0.15, 0.2) is 0 Å². The molecule has 7 nitrogen and oxygen atoms in total. The van der Waals surface area contributed by atoms with Crippen LogP contribution < -0.4 is 4.74 Å². The number of aliphatic hydroxyl groups is 1. The van der Waals surface area contributed by atoms with Crippen molar-refractivity contribution in [2.75, 3.05) is 6.61 Å². The lowest BCUT2D eigenvalue weighted by molar-refractivity contribution is -0.384. The van der Waals surface area contributed by atoms with Gasteiger partial charge in [-0.25, -0.2) is 4.98 Å². The molecule has 1 heterocycles. The van der Waals surface area contributed by atoms with Crippen molar-refractivity contribution in [3.63, 3.8) is 0 Å². The molecule has 2 aromatic carbocycles. The van der Waals surface area contributed by atoms with Crippen LogP contribution in [0, 0.1) is 10.1 Å². The van der Waals surface area contributed by atoms with Crippen LogP contribution in [0.1, 0.15) is 12.7 Å². The number of rotatable bonds is 7. The molecule has 0 spiro atoms. The van der Waals surface area contributed by atoms with E-state index in [-0.39, 0.29) is 18.4 Å². The highest BCUT2D eigenvalue weighted by Gasteiger charge is 2.17. The molecule has 0 bridgehead atoms. The molecule has 0 aliphatic carbocycles. The predicted molar refractivity (Wildman–Crippen MR) is 98.7 cm³/mol. The molecule has 8 heteroatoms. The summed E-state index contributed by atoms with van der Waals surface area (Å²) in [6.45, 7) is 2.22. The molecule has 0 saturated heterocycles. The van der Waals surface area contributed by atoms with Crippen LogP contribution in [-0.4, -0.2) is 32.3 Å². The third-order valence-electron chi connectivity index (χ3n) is 3.97. The zero-order valence-electron chi connectivity index (χ0n) is 14.1. The van der Waals surface area contributed by atoms with Gasteiger partial charge in [-0.1, -0.05) is 11.6 Å². The topological polar surface area (TPSA) is 90.4 Å². The Morgan fingerprint density at radius 3 is 2.69 bits per heavy atom. The van der Waals surface area contributed by atoms with Crippen molar-refractivity contribution >= 4 is 28.3 Å². The number of benzene rings is 2. The third kappa shape index (κ3) is 3.95. The molecule has 0 radical (unpaired) electrons. The maximum Gasteiger partial charge on any atom is 0.271 e. The zero-order valence-corrected chi connectivity index (χ0v) is 14.9. The number of non-ortho nitro benzene ring substituents is 1. The number of hydrogen-bond donors (Lipinski definition) is 1. The van der Waals surface area contributed by atoms with Gasteiger partial charge in [0.25, 0.3) is 5.69 Å². The van der Waals surface area contributed by atoms with Crippen LogP contribution in [0.4, 0.5) is 5.69 Å². The van der Waals surface area contributed by atoms with Gasteiger partial charge in [-0.05, 0) is 37.3 Å². The van der Waals surface area contributed by atoms with Crippen molar-refractivity contribution in [1.82, 2.24) is 9.55 Å². The van der Waals surface area contributed by atoms with Gasteiger partial charge in [0, 0.05) is 30.1 Å². The Morgan fingerprint density at radius 2 is 2.04 bits per heavy atom. The molecule has 0 saturated carbocycles. The second-order valence-electron chi connectivity index (χ2n) is 5.92. The van der Waals surface area contributed by atoms with E-state index in [1.165, 1.54) is 12.1 Å². The maximum absolute atomic E-state index is 11.0. The molecule has 1 N–H and O–H groups in total. The SMILES string of the molecule is CC(Cc1nc2cc([N+](=O)[O-])ccc2n1CCO)Oc1ccc(Cl)cc1. The molecular formula is C18H18ClN3O4. The van der Waals surface area contributed by atoms with Crippen LogP contribution in [0.2, 0.25) is 5.02 Å². The van der Waals surface area contributed by atoms with Crippen molar-refractivity contribution in [1.29, 1.82) is 0 Å². The highest BCUT2D eigenvalue weighted by atomic mass is 35.5. The summed E-state index contributed by atoms with van der Waals surface area (Å²) < 4.78 is 7.74. The quantitative estimate of drug-likeness (QED) is 0.503. The molecule has 1 unspecified atom stereocenters. The van der Waals surface area contributed by atoms with Crippen LogP contribution >= 0.6 is 11.6 Å². The number of fused-ring (bicyclic) bond motifs is 1. The number of halogens is 1. The van der Waals surface area contributed by atoms with E-state index in [1.54, 1.807) is 30.3 Å². The Balaban J connectivity index is 1.86. The van der Waals surface area contributed by atoms with Gasteiger partial charge in [0.2, 0.25) is 0 Å². The number of aliphatic hydroxyl groups excluding tert-OH is 1. The third-order valence-corrected chi connectivity index (χ3v) is 4.22. The normalized spacial score (nSPS) is 12.3. The minimum Gasteiger partial charge on any atom is -0.490 e. The molecule has 1 aromatic heterocycles. The molecule has 0 amide bonds. The minimum atomic E-state index is -0.448. The molecule has 3 aromatic rings. The Kier molecular flexibility index (Phi) is 5.39. The van der Waals surface area contributed by atoms with Gasteiger partial charge >= 0.3 is 0 Å². The number of nitro benzene ring substituents is 1. The van der Waals surface area contributed by atoms with Gasteiger partial charge in [-0.15, -0.1) is 0 Å². The molecule has 26 heavy (non-hydrogen) atoms. The first-order valence-corrected chi connectivity index (χ1v) is 8.52. The number of nitrogens with zero attached hydrogens (tertiary/aromatic N) is 3. The van der Waals surface area contributed by atoms with Crippen molar-refractivity contribution in [2.24, 2.45) is 0 Å². The molecular weight excluding hydrogens is 358 g/mol. The fourth-order valence-electron chi connectivity index (χ4n) is 2.83. The largest absolute Gasteiger partial charge is 0.490 e. The Labute approximate surface area is 154 Å². The standard InChI is InChI=1S/C18H18ClN3O4/c1-12(26-15-5-2-13(19)3-6-15)10-18-20-16-11-14(22(24)25)4-7-17(16)21(18)8-9-23/h2-7,11-12,23H,8-10H2,1H3. The van der Waals surface area contributed by atoms with Crippen molar-refractivity contribution in [2.45, 2.75) is 26.0 Å². The summed E-state index contributed by atoms with van der Waals surface area (Å²) >= 11 is 5.87. The average Bonchev–Trinajstić information content (AvgIpc) is 2.93. The van der Waals surface area contributed by atoms with Gasteiger partial charge < -0.3 is 14.4 Å². The fraction of sp³-hybridized carbons (Fsp3) is 0.278. The van der Waals surface area contributed by atoms with Crippen LogP contribution in [-0.2, 0) is 13.0 Å². The highest BCUT2D eigenvalue weighted by Crippen LogP contribution is 2.23. The smallest absolute Gasteiger partial charge is 0.271 e. The van der Waals surface area contributed by atoms with Crippen molar-refractivity contribution in [3.05, 3.63) is 63.4 Å². The molecule has 0 aliphatic rings. The van der Waals surface area contributed by atoms with Crippen LogP contribution in [0.25, 0.3) is 11.0 Å². The minimum absolute atomic E-state index is 0.0110. The van der Waals surface area contributed by atoms with E-state index in [1.807, 2.05) is 11.5 Å². The Morgan fingerprint density at radius 1 is 1.31 bits per heavy atom. The lowest BCUT2D eigenvalue weighted by Gasteiger charge is -2.15. The van der Waals surface area contributed by atoms with Gasteiger partial charge in [0.05, 0.1) is 22.6 Å². The summed E-state index contributed by atoms with van der Waals surface area (Å²) in [6.07, 6.45) is 0.311. The second-order valence-corrected chi connectivity index (χ2v) is 6.36. The van der Waals surface area contributed by atoms with Crippen LogP contribution in [0.15, 0.2) is 42.5 Å². The number of nitro groups is 1. The summed E-state index contributed by atoms with van der Waals surface area (Å²) in [7, 11) is 0. The van der Waals surface area contributed by atoms with Gasteiger partial charge in [0.1, 0.15) is 17.7 Å². The van der Waals surface area contributed by atoms with E-state index in [0.29, 0.717) is 35.1 Å². The lowest BCUT2D eigenvalue weighted by atomic mass is 10.2. The monoisotopic (exact) mass is 375 g/mol. The summed E-state index contributed by atoms with van der Waals surface area (Å²) in [5, 5.41) is 21.0. The first-order chi connectivity index (χ1) is 12.5. The first kappa shape index (κ1) is 18.2. The summed E-state index contributed by atoms with van der Waals surface area (Å²) in [5.41, 5.74) is 1.27. The zero-order chi connectivity index (χ0) is 18.7. The number of hydrogen-bond acceptors (Lipinski definition) is 5. The van der Waals surface area contributed by atoms with E-state index in [4.69, 9.17) is 16.3 Å².